The van der Waals surface area contributed by atoms with E-state index >= 15 is 0 Å². The highest BCUT2D eigenvalue weighted by atomic mass is 16.2. The van der Waals surface area contributed by atoms with Crippen LogP contribution < -0.4 is 4.90 Å². The highest BCUT2D eigenvalue weighted by Gasteiger charge is 2.23. The second-order valence-corrected chi connectivity index (χ2v) is 5.00. The van der Waals surface area contributed by atoms with Crippen LogP contribution >= 0.6 is 0 Å². The predicted octanol–water partition coefficient (Wildman–Crippen LogP) is 2.51. The first kappa shape index (κ1) is 12.8. The van der Waals surface area contributed by atoms with Crippen LogP contribution in [0.2, 0.25) is 0 Å². The number of fused-ring (bicyclic) bond motifs is 1. The lowest BCUT2D eigenvalue weighted by Crippen LogP contribution is -2.20. The smallest absolute Gasteiger partial charge is 0.231 e. The average molecular weight is 245 g/mol. The number of ketones is 1. The molecule has 96 valence electrons. The summed E-state index contributed by atoms with van der Waals surface area (Å²) >= 11 is 0. The Bertz CT molecular complexity index is 479. The zero-order valence-electron chi connectivity index (χ0n) is 11.0. The predicted molar refractivity (Wildman–Crippen MR) is 71.8 cm³/mol. The van der Waals surface area contributed by atoms with E-state index in [9.17, 15) is 9.59 Å². The van der Waals surface area contributed by atoms with E-state index in [0.717, 1.165) is 30.5 Å². The van der Waals surface area contributed by atoms with Crippen LogP contribution in [0.25, 0.3) is 0 Å². The van der Waals surface area contributed by atoms with Crippen molar-refractivity contribution in [1.29, 1.82) is 0 Å². The maximum atomic E-state index is 11.6. The second-order valence-electron chi connectivity index (χ2n) is 5.00. The van der Waals surface area contributed by atoms with Crippen molar-refractivity contribution in [1.82, 2.24) is 0 Å². The molecule has 0 aliphatic carbocycles. The van der Waals surface area contributed by atoms with E-state index in [1.165, 1.54) is 5.56 Å². The van der Waals surface area contributed by atoms with Gasteiger partial charge in [-0.25, -0.2) is 0 Å². The van der Waals surface area contributed by atoms with Crippen molar-refractivity contribution in [3.8, 4) is 0 Å². The fourth-order valence-electron chi connectivity index (χ4n) is 2.38. The largest absolute Gasteiger partial charge is 0.315 e. The molecule has 3 heteroatoms. The van der Waals surface area contributed by atoms with Gasteiger partial charge in [0, 0.05) is 19.2 Å². The second kappa shape index (κ2) is 5.34. The van der Waals surface area contributed by atoms with Gasteiger partial charge >= 0.3 is 0 Å². The Kier molecular flexibility index (Phi) is 3.80. The van der Waals surface area contributed by atoms with E-state index in [1.807, 2.05) is 13.1 Å². The Balaban J connectivity index is 1.94. The van der Waals surface area contributed by atoms with Gasteiger partial charge in [0.25, 0.3) is 0 Å². The number of nitrogens with zero attached hydrogens (tertiary/aromatic N) is 1. The van der Waals surface area contributed by atoms with E-state index in [0.29, 0.717) is 12.8 Å². The van der Waals surface area contributed by atoms with Gasteiger partial charge in [-0.05, 0) is 43.4 Å². The fraction of sp³-hybridized carbons (Fsp3) is 0.467. The molecule has 0 radical (unpaired) electrons. The molecule has 0 atom stereocenters. The topological polar surface area (TPSA) is 37.4 Å². The average Bonchev–Trinajstić information content (AvgIpc) is 2.60. The van der Waals surface area contributed by atoms with Gasteiger partial charge in [0.05, 0.1) is 6.42 Å². The third-order valence-electron chi connectivity index (χ3n) is 3.47. The van der Waals surface area contributed by atoms with Crippen LogP contribution in [0.3, 0.4) is 0 Å². The first-order chi connectivity index (χ1) is 8.58. The van der Waals surface area contributed by atoms with Crippen LogP contribution in [-0.2, 0) is 22.4 Å². The number of benzene rings is 1. The number of rotatable bonds is 5. The number of carbonyl (C=O) groups is 2. The van der Waals surface area contributed by atoms with E-state index in [-0.39, 0.29) is 11.7 Å². The van der Waals surface area contributed by atoms with E-state index in [2.05, 4.69) is 12.1 Å². The monoisotopic (exact) mass is 245 g/mol. The Labute approximate surface area is 108 Å². The van der Waals surface area contributed by atoms with Gasteiger partial charge in [0.2, 0.25) is 5.91 Å². The number of carbonyl (C=O) groups excluding carboxylic acids is 2. The summed E-state index contributed by atoms with van der Waals surface area (Å²) < 4.78 is 0. The molecule has 1 aliphatic heterocycles. The Hall–Kier alpha value is -1.64. The number of unbranched alkanes of at least 4 members (excludes halogenated alkanes) is 1. The molecule has 1 heterocycles. The van der Waals surface area contributed by atoms with E-state index < -0.39 is 0 Å². The Morgan fingerprint density at radius 1 is 1.33 bits per heavy atom. The van der Waals surface area contributed by atoms with Crippen molar-refractivity contribution in [2.75, 3.05) is 11.9 Å². The van der Waals surface area contributed by atoms with Crippen molar-refractivity contribution in [3.63, 3.8) is 0 Å². The van der Waals surface area contributed by atoms with Gasteiger partial charge in [-0.2, -0.15) is 0 Å². The highest BCUT2D eigenvalue weighted by molar-refractivity contribution is 6.00. The first-order valence-corrected chi connectivity index (χ1v) is 6.45. The molecule has 1 aromatic carbocycles. The summed E-state index contributed by atoms with van der Waals surface area (Å²) in [6, 6.07) is 6.24. The van der Waals surface area contributed by atoms with Gasteiger partial charge in [-0.15, -0.1) is 0 Å². The SMILES string of the molecule is CC(=O)CCCCc1ccc2c(c1)CC(=O)N2C. The molecule has 0 saturated carbocycles. The van der Waals surface area contributed by atoms with E-state index in [1.54, 1.807) is 11.8 Å². The van der Waals surface area contributed by atoms with Crippen molar-refractivity contribution in [3.05, 3.63) is 29.3 Å². The summed E-state index contributed by atoms with van der Waals surface area (Å²) in [5.74, 6) is 0.426. The van der Waals surface area contributed by atoms with Crippen LogP contribution in [0.15, 0.2) is 18.2 Å². The van der Waals surface area contributed by atoms with Crippen molar-refractivity contribution in [2.45, 2.75) is 39.0 Å². The van der Waals surface area contributed by atoms with E-state index in [4.69, 9.17) is 0 Å². The molecule has 3 nitrogen and oxygen atoms in total. The maximum Gasteiger partial charge on any atom is 0.231 e. The summed E-state index contributed by atoms with van der Waals surface area (Å²) in [6.07, 6.45) is 4.16. The van der Waals surface area contributed by atoms with Gasteiger partial charge in [0.15, 0.2) is 0 Å². The zero-order valence-corrected chi connectivity index (χ0v) is 11.0. The molecule has 0 bridgehead atoms. The normalized spacial score (nSPS) is 13.9. The van der Waals surface area contributed by atoms with Crippen LogP contribution in [0, 0.1) is 0 Å². The summed E-state index contributed by atoms with van der Waals surface area (Å²) in [6.45, 7) is 1.64. The number of hydrogen-bond donors (Lipinski definition) is 0. The number of amides is 1. The highest BCUT2D eigenvalue weighted by Crippen LogP contribution is 2.28. The standard InChI is InChI=1S/C15H19NO2/c1-11(17)5-3-4-6-12-7-8-14-13(9-12)10-15(18)16(14)2/h7-9H,3-6,10H2,1-2H3. The van der Waals surface area contributed by atoms with Crippen molar-refractivity contribution in [2.24, 2.45) is 0 Å². The van der Waals surface area contributed by atoms with Gasteiger partial charge in [0.1, 0.15) is 5.78 Å². The number of anilines is 1. The minimum atomic E-state index is 0.165. The molecule has 0 N–H and O–H groups in total. The van der Waals surface area contributed by atoms with Gasteiger partial charge in [-0.1, -0.05) is 12.1 Å². The number of aryl methyl sites for hydroxylation is 1. The summed E-state index contributed by atoms with van der Waals surface area (Å²) in [5.41, 5.74) is 3.43. The molecular formula is C15H19NO2. The van der Waals surface area contributed by atoms with Gasteiger partial charge < -0.3 is 9.69 Å². The van der Waals surface area contributed by atoms with Crippen LogP contribution in [0.1, 0.15) is 37.3 Å². The number of Topliss-reactive ketones (excluding diaryl/α,β-unsaturated/α-hetero) is 1. The summed E-state index contributed by atoms with van der Waals surface area (Å²) in [5, 5.41) is 0. The van der Waals surface area contributed by atoms with Gasteiger partial charge in [-0.3, -0.25) is 4.79 Å². The quantitative estimate of drug-likeness (QED) is 0.747. The number of likely N-dealkylation sites (N-methyl/N-ethyl adjacent to an activating group) is 1. The lowest BCUT2D eigenvalue weighted by molar-refractivity contribution is -0.117. The molecule has 0 spiro atoms. The van der Waals surface area contributed by atoms with Crippen molar-refractivity contribution >= 4 is 17.4 Å². The summed E-state index contributed by atoms with van der Waals surface area (Å²) in [4.78, 5) is 24.1. The minimum Gasteiger partial charge on any atom is -0.315 e. The van der Waals surface area contributed by atoms with Crippen molar-refractivity contribution < 1.29 is 9.59 Å². The fourth-order valence-corrected chi connectivity index (χ4v) is 2.38. The Morgan fingerprint density at radius 2 is 2.11 bits per heavy atom. The molecule has 2 rings (SSSR count). The Morgan fingerprint density at radius 3 is 2.83 bits per heavy atom. The number of hydrogen-bond acceptors (Lipinski definition) is 2. The molecule has 1 aliphatic rings. The minimum absolute atomic E-state index is 0.165. The molecule has 1 amide bonds. The zero-order chi connectivity index (χ0) is 13.1. The maximum absolute atomic E-state index is 11.6. The lowest BCUT2D eigenvalue weighted by Gasteiger charge is -2.10. The first-order valence-electron chi connectivity index (χ1n) is 6.45. The molecule has 0 aromatic heterocycles. The summed E-state index contributed by atoms with van der Waals surface area (Å²) in [7, 11) is 1.82. The van der Waals surface area contributed by atoms with Crippen LogP contribution in [0.5, 0.6) is 0 Å². The van der Waals surface area contributed by atoms with Crippen LogP contribution in [0.4, 0.5) is 5.69 Å². The molecule has 1 aromatic rings. The van der Waals surface area contributed by atoms with Crippen LogP contribution in [-0.4, -0.2) is 18.7 Å². The third kappa shape index (κ3) is 2.78. The molecular weight excluding hydrogens is 226 g/mol. The third-order valence-corrected chi connectivity index (χ3v) is 3.47. The molecule has 0 unspecified atom stereocenters. The molecule has 0 fully saturated rings. The molecule has 18 heavy (non-hydrogen) atoms. The lowest BCUT2D eigenvalue weighted by atomic mass is 10.0. The molecule has 0 saturated heterocycles.